The third-order valence-corrected chi connectivity index (χ3v) is 2.43. The molecule has 0 atom stereocenters. The van der Waals surface area contributed by atoms with E-state index >= 15 is 0 Å². The Hall–Kier alpha value is -1.57. The predicted molar refractivity (Wildman–Crippen MR) is 69.4 cm³/mol. The van der Waals surface area contributed by atoms with Crippen molar-refractivity contribution in [2.75, 3.05) is 11.9 Å². The van der Waals surface area contributed by atoms with E-state index in [1.54, 1.807) is 18.9 Å². The van der Waals surface area contributed by atoms with Gasteiger partial charge in [-0.25, -0.2) is 0 Å². The normalized spacial score (nSPS) is 11.1. The van der Waals surface area contributed by atoms with Gasteiger partial charge in [-0.3, -0.25) is 4.79 Å². The van der Waals surface area contributed by atoms with Gasteiger partial charge in [-0.1, -0.05) is 38.1 Å². The maximum Gasteiger partial charge on any atom is 0.223 e. The minimum Gasteiger partial charge on any atom is -0.316 e. The number of allylic oxidation sites excluding steroid dienone is 1. The van der Waals surface area contributed by atoms with Gasteiger partial charge in [0.25, 0.3) is 0 Å². The van der Waals surface area contributed by atoms with Crippen molar-refractivity contribution in [2.45, 2.75) is 20.8 Å². The Morgan fingerprint density at radius 2 is 1.81 bits per heavy atom. The first-order chi connectivity index (χ1) is 7.50. The van der Waals surface area contributed by atoms with Crippen LogP contribution in [-0.2, 0) is 4.79 Å². The zero-order chi connectivity index (χ0) is 12.1. The van der Waals surface area contributed by atoms with Crippen molar-refractivity contribution in [3.05, 3.63) is 35.9 Å². The quantitative estimate of drug-likeness (QED) is 0.760. The molecule has 0 aromatic heterocycles. The fraction of sp³-hybridized carbons (Fsp3) is 0.357. The molecule has 0 N–H and O–H groups in total. The van der Waals surface area contributed by atoms with Gasteiger partial charge >= 0.3 is 0 Å². The summed E-state index contributed by atoms with van der Waals surface area (Å²) in [6.45, 7) is 5.86. The molecule has 0 radical (unpaired) electrons. The second kappa shape index (κ2) is 5.50. The Morgan fingerprint density at radius 3 is 2.25 bits per heavy atom. The van der Waals surface area contributed by atoms with E-state index in [0.717, 1.165) is 11.3 Å². The van der Waals surface area contributed by atoms with Crippen LogP contribution in [0.5, 0.6) is 0 Å². The van der Waals surface area contributed by atoms with Gasteiger partial charge in [0.1, 0.15) is 0 Å². The SMILES string of the molecule is CC(=O)N(C)c1ccc(/C=C/C(C)C)cc1. The van der Waals surface area contributed by atoms with Gasteiger partial charge in [0.2, 0.25) is 5.91 Å². The van der Waals surface area contributed by atoms with Crippen molar-refractivity contribution in [2.24, 2.45) is 5.92 Å². The molecular formula is C14H19NO. The molecular weight excluding hydrogens is 198 g/mol. The minimum absolute atomic E-state index is 0.0467. The second-order valence-electron chi connectivity index (χ2n) is 4.27. The molecule has 1 aromatic rings. The van der Waals surface area contributed by atoms with Gasteiger partial charge in [0.15, 0.2) is 0 Å². The van der Waals surface area contributed by atoms with E-state index in [2.05, 4.69) is 26.0 Å². The van der Waals surface area contributed by atoms with Crippen molar-refractivity contribution in [1.29, 1.82) is 0 Å². The second-order valence-corrected chi connectivity index (χ2v) is 4.27. The molecule has 1 amide bonds. The topological polar surface area (TPSA) is 20.3 Å². The molecule has 0 saturated carbocycles. The van der Waals surface area contributed by atoms with E-state index in [1.807, 2.05) is 24.3 Å². The number of anilines is 1. The summed E-state index contributed by atoms with van der Waals surface area (Å²) in [6.07, 6.45) is 4.26. The van der Waals surface area contributed by atoms with Gasteiger partial charge in [0, 0.05) is 19.7 Å². The highest BCUT2D eigenvalue weighted by atomic mass is 16.2. The summed E-state index contributed by atoms with van der Waals surface area (Å²) in [4.78, 5) is 12.8. The number of hydrogen-bond acceptors (Lipinski definition) is 1. The largest absolute Gasteiger partial charge is 0.316 e. The summed E-state index contributed by atoms with van der Waals surface area (Å²) in [5.41, 5.74) is 2.09. The van der Waals surface area contributed by atoms with E-state index in [1.165, 1.54) is 0 Å². The average molecular weight is 217 g/mol. The first-order valence-electron chi connectivity index (χ1n) is 5.53. The fourth-order valence-corrected chi connectivity index (χ4v) is 1.29. The summed E-state index contributed by atoms with van der Waals surface area (Å²) >= 11 is 0. The van der Waals surface area contributed by atoms with Crippen LogP contribution in [0.25, 0.3) is 6.08 Å². The highest BCUT2D eigenvalue weighted by Gasteiger charge is 2.03. The maximum absolute atomic E-state index is 11.2. The van der Waals surface area contributed by atoms with E-state index in [-0.39, 0.29) is 5.91 Å². The standard InChI is InChI=1S/C14H19NO/c1-11(2)5-6-13-7-9-14(10-8-13)15(4)12(3)16/h5-11H,1-4H3/b6-5+. The minimum atomic E-state index is 0.0467. The van der Waals surface area contributed by atoms with Crippen LogP contribution in [0, 0.1) is 5.92 Å². The van der Waals surface area contributed by atoms with Crippen LogP contribution in [0.2, 0.25) is 0 Å². The van der Waals surface area contributed by atoms with Gasteiger partial charge < -0.3 is 4.90 Å². The first kappa shape index (κ1) is 12.5. The molecule has 0 aliphatic carbocycles. The molecule has 0 heterocycles. The molecule has 1 rings (SSSR count). The zero-order valence-corrected chi connectivity index (χ0v) is 10.4. The third-order valence-electron chi connectivity index (χ3n) is 2.43. The number of nitrogens with zero attached hydrogens (tertiary/aromatic N) is 1. The maximum atomic E-state index is 11.2. The van der Waals surface area contributed by atoms with Crippen LogP contribution in [0.15, 0.2) is 30.3 Å². The summed E-state index contributed by atoms with van der Waals surface area (Å²) in [6, 6.07) is 7.96. The predicted octanol–water partition coefficient (Wildman–Crippen LogP) is 3.34. The van der Waals surface area contributed by atoms with Crippen molar-refractivity contribution < 1.29 is 4.79 Å². The Bertz CT molecular complexity index is 376. The van der Waals surface area contributed by atoms with E-state index in [9.17, 15) is 4.79 Å². The van der Waals surface area contributed by atoms with Gasteiger partial charge in [-0.15, -0.1) is 0 Å². The molecule has 0 aliphatic heterocycles. The number of amides is 1. The van der Waals surface area contributed by atoms with Gasteiger partial charge in [-0.2, -0.15) is 0 Å². The van der Waals surface area contributed by atoms with Crippen molar-refractivity contribution >= 4 is 17.7 Å². The number of carbonyl (C=O) groups excluding carboxylic acids is 1. The lowest BCUT2D eigenvalue weighted by atomic mass is 10.1. The molecule has 16 heavy (non-hydrogen) atoms. The molecule has 0 unspecified atom stereocenters. The lowest BCUT2D eigenvalue weighted by Crippen LogP contribution is -2.22. The van der Waals surface area contributed by atoms with Crippen LogP contribution in [0.3, 0.4) is 0 Å². The van der Waals surface area contributed by atoms with Crippen molar-refractivity contribution in [1.82, 2.24) is 0 Å². The highest BCUT2D eigenvalue weighted by molar-refractivity contribution is 5.90. The average Bonchev–Trinajstić information content (AvgIpc) is 2.26. The summed E-state index contributed by atoms with van der Waals surface area (Å²) < 4.78 is 0. The van der Waals surface area contributed by atoms with E-state index < -0.39 is 0 Å². The zero-order valence-electron chi connectivity index (χ0n) is 10.4. The molecule has 2 nitrogen and oxygen atoms in total. The molecule has 0 fully saturated rings. The fourth-order valence-electron chi connectivity index (χ4n) is 1.29. The number of rotatable bonds is 3. The Kier molecular flexibility index (Phi) is 4.29. The summed E-state index contributed by atoms with van der Waals surface area (Å²) in [7, 11) is 1.78. The Balaban J connectivity index is 2.79. The monoisotopic (exact) mass is 217 g/mol. The summed E-state index contributed by atoms with van der Waals surface area (Å²) in [5.74, 6) is 0.602. The molecule has 1 aromatic carbocycles. The highest BCUT2D eigenvalue weighted by Crippen LogP contribution is 2.15. The van der Waals surface area contributed by atoms with Crippen LogP contribution in [-0.4, -0.2) is 13.0 Å². The Morgan fingerprint density at radius 1 is 1.25 bits per heavy atom. The van der Waals surface area contributed by atoms with Crippen molar-refractivity contribution in [3.8, 4) is 0 Å². The van der Waals surface area contributed by atoms with Gasteiger partial charge in [-0.05, 0) is 23.6 Å². The Labute approximate surface area is 97.6 Å². The molecule has 86 valence electrons. The lowest BCUT2D eigenvalue weighted by Gasteiger charge is -2.14. The van der Waals surface area contributed by atoms with E-state index in [0.29, 0.717) is 5.92 Å². The van der Waals surface area contributed by atoms with Crippen molar-refractivity contribution in [3.63, 3.8) is 0 Å². The van der Waals surface area contributed by atoms with E-state index in [4.69, 9.17) is 0 Å². The molecule has 0 spiro atoms. The molecule has 0 aliphatic rings. The summed E-state index contributed by atoms with van der Waals surface area (Å²) in [5, 5.41) is 0. The third kappa shape index (κ3) is 3.54. The van der Waals surface area contributed by atoms with Crippen LogP contribution >= 0.6 is 0 Å². The number of hydrogen-bond donors (Lipinski definition) is 0. The van der Waals surface area contributed by atoms with Crippen LogP contribution < -0.4 is 4.90 Å². The number of carbonyl (C=O) groups is 1. The smallest absolute Gasteiger partial charge is 0.223 e. The lowest BCUT2D eigenvalue weighted by molar-refractivity contribution is -0.116. The van der Waals surface area contributed by atoms with Crippen LogP contribution in [0.1, 0.15) is 26.3 Å². The number of benzene rings is 1. The van der Waals surface area contributed by atoms with Crippen LogP contribution in [0.4, 0.5) is 5.69 Å². The first-order valence-corrected chi connectivity index (χ1v) is 5.53. The molecule has 2 heteroatoms. The molecule has 0 saturated heterocycles. The molecule has 0 bridgehead atoms. The van der Waals surface area contributed by atoms with Gasteiger partial charge in [0.05, 0.1) is 0 Å².